The highest BCUT2D eigenvalue weighted by molar-refractivity contribution is 6.02. The number of halogens is 1. The van der Waals surface area contributed by atoms with E-state index >= 15 is 0 Å². The van der Waals surface area contributed by atoms with E-state index in [1.807, 2.05) is 27.7 Å². The molecule has 1 aromatic heterocycles. The largest absolute Gasteiger partial charge is 0.496 e. The minimum Gasteiger partial charge on any atom is -0.496 e. The van der Waals surface area contributed by atoms with Gasteiger partial charge in [0.05, 0.1) is 19.3 Å². The van der Waals surface area contributed by atoms with Crippen molar-refractivity contribution in [1.29, 1.82) is 0 Å². The van der Waals surface area contributed by atoms with Gasteiger partial charge in [-0.2, -0.15) is 0 Å². The van der Waals surface area contributed by atoms with Crippen molar-refractivity contribution in [1.82, 2.24) is 10.3 Å². The van der Waals surface area contributed by atoms with Crippen LogP contribution >= 0.6 is 0 Å². The zero-order chi connectivity index (χ0) is 23.6. The van der Waals surface area contributed by atoms with Gasteiger partial charge < -0.3 is 14.8 Å². The summed E-state index contributed by atoms with van der Waals surface area (Å²) in [5.74, 6) is -0.424. The highest BCUT2D eigenvalue weighted by atomic mass is 19.1. The molecule has 0 fully saturated rings. The van der Waals surface area contributed by atoms with Crippen LogP contribution in [-0.2, 0) is 4.79 Å². The predicted octanol–water partition coefficient (Wildman–Crippen LogP) is 4.99. The number of nitrogens with zero attached hydrogens (tertiary/aromatic N) is 1. The number of Topliss-reactive ketones (excluding diaryl/α,β-unsaturated/α-hetero) is 1. The van der Waals surface area contributed by atoms with E-state index in [2.05, 4.69) is 10.3 Å². The van der Waals surface area contributed by atoms with Crippen LogP contribution < -0.4 is 14.8 Å². The molecule has 172 valence electrons. The molecule has 31 heavy (non-hydrogen) atoms. The normalized spacial score (nSPS) is 13.4. The summed E-state index contributed by atoms with van der Waals surface area (Å²) in [4.78, 5) is 28.2. The number of hydrogen-bond donors (Lipinski definition) is 1. The molecular formula is C24H35FN2O4. The third kappa shape index (κ3) is 6.39. The first kappa shape index (κ1) is 26.3. The van der Waals surface area contributed by atoms with Gasteiger partial charge in [0.1, 0.15) is 5.75 Å². The Morgan fingerprint density at radius 1 is 1.23 bits per heavy atom. The van der Waals surface area contributed by atoms with E-state index in [0.717, 1.165) is 5.39 Å². The maximum Gasteiger partial charge on any atom is 0.254 e. The van der Waals surface area contributed by atoms with Gasteiger partial charge in [-0.25, -0.2) is 9.37 Å². The molecule has 0 bridgehead atoms. The number of amides is 1. The minimum atomic E-state index is -1.49. The Morgan fingerprint density at radius 3 is 2.45 bits per heavy atom. The molecule has 2 aromatic rings. The number of pyridine rings is 1. The summed E-state index contributed by atoms with van der Waals surface area (Å²) in [5, 5.41) is 4.06. The quantitative estimate of drug-likeness (QED) is 0.570. The van der Waals surface area contributed by atoms with E-state index in [0.29, 0.717) is 29.0 Å². The SMILES string of the molecule is CC.CCC(=O)C(F)C(CC)C(C)COc1nccc2cc(C(=O)NC)c(OC)cc12. The van der Waals surface area contributed by atoms with E-state index in [1.54, 1.807) is 38.4 Å². The van der Waals surface area contributed by atoms with E-state index in [9.17, 15) is 14.0 Å². The molecule has 1 aromatic carbocycles. The van der Waals surface area contributed by atoms with Crippen molar-refractivity contribution in [2.24, 2.45) is 11.8 Å². The summed E-state index contributed by atoms with van der Waals surface area (Å²) in [6, 6.07) is 5.21. The van der Waals surface area contributed by atoms with Gasteiger partial charge in [-0.05, 0) is 35.9 Å². The molecule has 2 rings (SSSR count). The van der Waals surface area contributed by atoms with Crippen molar-refractivity contribution in [2.75, 3.05) is 20.8 Å². The first-order valence-corrected chi connectivity index (χ1v) is 10.9. The molecule has 0 spiro atoms. The number of fused-ring (bicyclic) bond motifs is 1. The highest BCUT2D eigenvalue weighted by Crippen LogP contribution is 2.32. The number of ether oxygens (including phenoxy) is 2. The Kier molecular flexibility index (Phi) is 10.9. The van der Waals surface area contributed by atoms with Crippen LogP contribution in [0.1, 0.15) is 57.8 Å². The Bertz CT molecular complexity index is 872. The lowest BCUT2D eigenvalue weighted by molar-refractivity contribution is -0.126. The molecule has 6 nitrogen and oxygen atoms in total. The molecule has 1 amide bonds. The van der Waals surface area contributed by atoms with Crippen molar-refractivity contribution in [3.8, 4) is 11.6 Å². The number of hydrogen-bond acceptors (Lipinski definition) is 5. The third-order valence-corrected chi connectivity index (χ3v) is 5.24. The number of aromatic nitrogens is 1. The maximum atomic E-state index is 14.5. The van der Waals surface area contributed by atoms with Crippen molar-refractivity contribution < 1.29 is 23.5 Å². The molecular weight excluding hydrogens is 399 g/mol. The average Bonchev–Trinajstić information content (AvgIpc) is 2.82. The average molecular weight is 435 g/mol. The summed E-state index contributed by atoms with van der Waals surface area (Å²) < 4.78 is 25.7. The number of carbonyl (C=O) groups excluding carboxylic acids is 2. The number of ketones is 1. The van der Waals surface area contributed by atoms with E-state index in [-0.39, 0.29) is 30.6 Å². The van der Waals surface area contributed by atoms with Crippen LogP contribution in [0, 0.1) is 11.8 Å². The Hall–Kier alpha value is -2.70. The lowest BCUT2D eigenvalue weighted by Gasteiger charge is -2.25. The molecule has 0 saturated carbocycles. The topological polar surface area (TPSA) is 77.5 Å². The van der Waals surface area contributed by atoms with Crippen LogP contribution in [0.5, 0.6) is 11.6 Å². The van der Waals surface area contributed by atoms with Crippen LogP contribution in [0.15, 0.2) is 24.4 Å². The molecule has 0 aliphatic rings. The first-order valence-electron chi connectivity index (χ1n) is 10.9. The van der Waals surface area contributed by atoms with Crippen LogP contribution in [0.25, 0.3) is 10.8 Å². The number of benzene rings is 1. The second-order valence-electron chi connectivity index (χ2n) is 7.05. The van der Waals surface area contributed by atoms with Gasteiger partial charge >= 0.3 is 0 Å². The molecule has 3 atom stereocenters. The van der Waals surface area contributed by atoms with Crippen LogP contribution in [0.2, 0.25) is 0 Å². The lowest BCUT2D eigenvalue weighted by Crippen LogP contribution is -2.32. The molecule has 1 heterocycles. The standard InChI is InChI=1S/C22H29FN2O4.C2H6/c1-6-15(20(23)18(26)7-2)13(3)12-29-22-16-11-19(28-5)17(21(27)24-4)10-14(16)8-9-25-22;1-2/h8-11,13,15,20H,6-7,12H2,1-5H3,(H,24,27);1-2H3. The van der Waals surface area contributed by atoms with Crippen molar-refractivity contribution >= 4 is 22.5 Å². The summed E-state index contributed by atoms with van der Waals surface area (Å²) in [6.07, 6.45) is 0.838. The Morgan fingerprint density at radius 2 is 1.90 bits per heavy atom. The van der Waals surface area contributed by atoms with Gasteiger partial charge in [0.2, 0.25) is 5.88 Å². The first-order chi connectivity index (χ1) is 14.9. The van der Waals surface area contributed by atoms with Gasteiger partial charge in [0.25, 0.3) is 5.91 Å². The highest BCUT2D eigenvalue weighted by Gasteiger charge is 2.30. The van der Waals surface area contributed by atoms with E-state index in [4.69, 9.17) is 9.47 Å². The molecule has 1 N–H and O–H groups in total. The van der Waals surface area contributed by atoms with Crippen molar-refractivity contribution in [3.05, 3.63) is 30.0 Å². The Balaban J connectivity index is 0.00000233. The lowest BCUT2D eigenvalue weighted by atomic mass is 9.85. The van der Waals surface area contributed by atoms with Gasteiger partial charge in [-0.15, -0.1) is 0 Å². The fraction of sp³-hybridized carbons (Fsp3) is 0.542. The van der Waals surface area contributed by atoms with Crippen molar-refractivity contribution in [2.45, 2.75) is 53.6 Å². The fourth-order valence-corrected chi connectivity index (χ4v) is 3.44. The van der Waals surface area contributed by atoms with Crippen molar-refractivity contribution in [3.63, 3.8) is 0 Å². The maximum absolute atomic E-state index is 14.5. The third-order valence-electron chi connectivity index (χ3n) is 5.24. The number of rotatable bonds is 10. The molecule has 0 aliphatic carbocycles. The molecule has 0 aliphatic heterocycles. The van der Waals surface area contributed by atoms with Crippen LogP contribution in [-0.4, -0.2) is 43.6 Å². The predicted molar refractivity (Wildman–Crippen MR) is 122 cm³/mol. The smallest absolute Gasteiger partial charge is 0.254 e. The summed E-state index contributed by atoms with van der Waals surface area (Å²) in [6.45, 7) is 9.64. The molecule has 3 unspecified atom stereocenters. The summed E-state index contributed by atoms with van der Waals surface area (Å²) in [7, 11) is 3.05. The second kappa shape index (κ2) is 12.9. The molecule has 0 radical (unpaired) electrons. The zero-order valence-electron chi connectivity index (χ0n) is 19.6. The van der Waals surface area contributed by atoms with E-state index < -0.39 is 12.1 Å². The number of alkyl halides is 1. The monoisotopic (exact) mass is 434 g/mol. The minimum absolute atomic E-state index is 0.172. The Labute approximate surface area is 184 Å². The summed E-state index contributed by atoms with van der Waals surface area (Å²) in [5.41, 5.74) is 0.414. The zero-order valence-corrected chi connectivity index (χ0v) is 19.6. The molecule has 0 saturated heterocycles. The van der Waals surface area contributed by atoms with Gasteiger partial charge in [0.15, 0.2) is 12.0 Å². The van der Waals surface area contributed by atoms with Crippen LogP contribution in [0.3, 0.4) is 0 Å². The summed E-state index contributed by atoms with van der Waals surface area (Å²) >= 11 is 0. The number of methoxy groups -OCH3 is 1. The number of carbonyl (C=O) groups is 2. The van der Waals surface area contributed by atoms with Gasteiger partial charge in [-0.3, -0.25) is 9.59 Å². The van der Waals surface area contributed by atoms with Crippen LogP contribution in [0.4, 0.5) is 4.39 Å². The fourth-order valence-electron chi connectivity index (χ4n) is 3.44. The number of nitrogens with one attached hydrogen (secondary N) is 1. The molecule has 7 heteroatoms. The second-order valence-corrected chi connectivity index (χ2v) is 7.05. The van der Waals surface area contributed by atoms with E-state index in [1.165, 1.54) is 7.11 Å². The van der Waals surface area contributed by atoms with Gasteiger partial charge in [0, 0.05) is 31.0 Å². The van der Waals surface area contributed by atoms with Gasteiger partial charge in [-0.1, -0.05) is 34.6 Å².